The molecule has 3 atom stereocenters. The fourth-order valence-electron chi connectivity index (χ4n) is 5.43. The maximum Gasteiger partial charge on any atom is 0.472 e. The molecule has 0 aromatic rings. The van der Waals surface area contributed by atoms with Crippen LogP contribution in [0.2, 0.25) is 0 Å². The molecule has 0 radical (unpaired) electrons. The fourth-order valence-corrected chi connectivity index (χ4v) is 6.19. The molecule has 0 aromatic carbocycles. The Labute approximate surface area is 265 Å². The summed E-state index contributed by atoms with van der Waals surface area (Å²) < 4.78 is 22.0. The predicted octanol–water partition coefficient (Wildman–Crippen LogP) is 9.11. The number of aliphatic hydroxyl groups is 1. The largest absolute Gasteiger partial charge is 0.472 e. The third-order valence-electron chi connectivity index (χ3n) is 8.21. The van der Waals surface area contributed by atoms with E-state index in [2.05, 4.69) is 19.2 Å². The minimum Gasteiger partial charge on any atom is -0.391 e. The van der Waals surface area contributed by atoms with Crippen LogP contribution in [0.1, 0.15) is 181 Å². The van der Waals surface area contributed by atoms with E-state index in [4.69, 9.17) is 14.8 Å². The van der Waals surface area contributed by atoms with Crippen LogP contribution in [0.25, 0.3) is 0 Å². The van der Waals surface area contributed by atoms with Crippen molar-refractivity contribution in [2.75, 3.05) is 19.8 Å². The standard InChI is InChI=1S/C34H71N2O6P/c1-3-5-7-9-11-13-14-15-16-17-18-20-21-23-25-27-33(37)32(31-42-43(39,40)41-30-29-35)36-34(38)28-26-24-22-19-12-10-8-6-4-2/h32-33,37H,3-31,35H2,1-2H3,(H,36,38)(H,39,40)/t32-,33+/m0/s1. The van der Waals surface area contributed by atoms with Gasteiger partial charge in [-0.3, -0.25) is 13.8 Å². The lowest BCUT2D eigenvalue weighted by atomic mass is 10.0. The summed E-state index contributed by atoms with van der Waals surface area (Å²) in [6.07, 6.45) is 29.6. The van der Waals surface area contributed by atoms with Gasteiger partial charge >= 0.3 is 7.82 Å². The normalized spacial score (nSPS) is 14.4. The van der Waals surface area contributed by atoms with Crippen molar-refractivity contribution in [1.29, 1.82) is 0 Å². The maximum atomic E-state index is 12.6. The van der Waals surface area contributed by atoms with Crippen molar-refractivity contribution in [2.24, 2.45) is 5.73 Å². The molecule has 1 amide bonds. The Morgan fingerprint density at radius 3 is 1.49 bits per heavy atom. The highest BCUT2D eigenvalue weighted by molar-refractivity contribution is 7.47. The van der Waals surface area contributed by atoms with Crippen LogP contribution in [0.3, 0.4) is 0 Å². The van der Waals surface area contributed by atoms with E-state index in [0.717, 1.165) is 38.5 Å². The Morgan fingerprint density at radius 2 is 1.07 bits per heavy atom. The molecule has 0 fully saturated rings. The lowest BCUT2D eigenvalue weighted by Crippen LogP contribution is -2.46. The number of hydrogen-bond donors (Lipinski definition) is 4. The molecule has 9 heteroatoms. The van der Waals surface area contributed by atoms with Gasteiger partial charge in [-0.15, -0.1) is 0 Å². The highest BCUT2D eigenvalue weighted by atomic mass is 31.2. The number of rotatable bonds is 34. The van der Waals surface area contributed by atoms with Crippen molar-refractivity contribution in [3.8, 4) is 0 Å². The van der Waals surface area contributed by atoms with Gasteiger partial charge in [-0.25, -0.2) is 4.57 Å². The number of hydrogen-bond acceptors (Lipinski definition) is 6. The number of carbonyl (C=O) groups excluding carboxylic acids is 1. The third kappa shape index (κ3) is 29.9. The van der Waals surface area contributed by atoms with Gasteiger partial charge in [-0.05, 0) is 12.8 Å². The summed E-state index contributed by atoms with van der Waals surface area (Å²) in [6, 6.07) is -0.764. The number of nitrogens with two attached hydrogens (primary N) is 1. The summed E-state index contributed by atoms with van der Waals surface area (Å²) in [6.45, 7) is 4.18. The van der Waals surface area contributed by atoms with Crippen LogP contribution < -0.4 is 11.1 Å². The van der Waals surface area contributed by atoms with Gasteiger partial charge in [0.25, 0.3) is 0 Å². The molecule has 0 heterocycles. The first-order valence-corrected chi connectivity index (χ1v) is 19.6. The van der Waals surface area contributed by atoms with Gasteiger partial charge in [0.15, 0.2) is 0 Å². The number of carbonyl (C=O) groups is 1. The lowest BCUT2D eigenvalue weighted by molar-refractivity contribution is -0.123. The van der Waals surface area contributed by atoms with E-state index in [9.17, 15) is 19.4 Å². The van der Waals surface area contributed by atoms with Crippen molar-refractivity contribution in [3.63, 3.8) is 0 Å². The van der Waals surface area contributed by atoms with E-state index < -0.39 is 20.0 Å². The van der Waals surface area contributed by atoms with Crippen molar-refractivity contribution >= 4 is 13.7 Å². The molecule has 0 spiro atoms. The second kappa shape index (κ2) is 31.5. The van der Waals surface area contributed by atoms with Crippen molar-refractivity contribution in [3.05, 3.63) is 0 Å². The minimum atomic E-state index is -4.30. The molecule has 1 unspecified atom stereocenters. The smallest absolute Gasteiger partial charge is 0.391 e. The van der Waals surface area contributed by atoms with Gasteiger partial charge in [0.1, 0.15) is 0 Å². The summed E-state index contributed by atoms with van der Waals surface area (Å²) in [5.41, 5.74) is 5.35. The molecule has 0 aliphatic carbocycles. The van der Waals surface area contributed by atoms with E-state index in [1.807, 2.05) is 0 Å². The molecule has 5 N–H and O–H groups in total. The quantitative estimate of drug-likeness (QED) is 0.0410. The molecular weight excluding hydrogens is 563 g/mol. The zero-order valence-corrected chi connectivity index (χ0v) is 29.1. The monoisotopic (exact) mass is 635 g/mol. The van der Waals surface area contributed by atoms with Crippen LogP contribution >= 0.6 is 7.82 Å². The number of nitrogens with one attached hydrogen (secondary N) is 1. The molecule has 0 aliphatic rings. The maximum absolute atomic E-state index is 12.6. The van der Waals surface area contributed by atoms with Gasteiger partial charge in [-0.2, -0.15) is 0 Å². The van der Waals surface area contributed by atoms with Crippen molar-refractivity contribution in [2.45, 2.75) is 193 Å². The van der Waals surface area contributed by atoms with E-state index in [0.29, 0.717) is 12.8 Å². The molecular formula is C34H71N2O6P. The Kier molecular flexibility index (Phi) is 31.1. The molecule has 0 aromatic heterocycles. The van der Waals surface area contributed by atoms with Crippen LogP contribution in [0, 0.1) is 0 Å². The Hall–Kier alpha value is -0.500. The molecule has 0 saturated heterocycles. The van der Waals surface area contributed by atoms with Crippen molar-refractivity contribution in [1.82, 2.24) is 5.32 Å². The third-order valence-corrected chi connectivity index (χ3v) is 9.20. The van der Waals surface area contributed by atoms with Crippen LogP contribution in [0.15, 0.2) is 0 Å². The summed E-state index contributed by atoms with van der Waals surface area (Å²) in [7, 11) is -4.30. The van der Waals surface area contributed by atoms with E-state index in [-0.39, 0.29) is 25.7 Å². The first-order chi connectivity index (χ1) is 20.9. The molecule has 0 rings (SSSR count). The molecule has 0 bridgehead atoms. The van der Waals surface area contributed by atoms with Crippen LogP contribution in [-0.2, 0) is 18.4 Å². The Bertz CT molecular complexity index is 654. The number of phosphoric acid groups is 1. The Morgan fingerprint density at radius 1 is 0.674 bits per heavy atom. The summed E-state index contributed by atoms with van der Waals surface area (Å²) >= 11 is 0. The van der Waals surface area contributed by atoms with E-state index in [1.54, 1.807) is 0 Å². The van der Waals surface area contributed by atoms with Gasteiger partial charge < -0.3 is 21.1 Å². The molecule has 0 aliphatic heterocycles. The molecule has 8 nitrogen and oxygen atoms in total. The first kappa shape index (κ1) is 42.5. The zero-order valence-electron chi connectivity index (χ0n) is 28.2. The van der Waals surface area contributed by atoms with Gasteiger partial charge in [0.2, 0.25) is 5.91 Å². The average molecular weight is 635 g/mol. The van der Waals surface area contributed by atoms with Crippen LogP contribution in [0.4, 0.5) is 0 Å². The molecule has 43 heavy (non-hydrogen) atoms. The second-order valence-corrected chi connectivity index (χ2v) is 13.9. The van der Waals surface area contributed by atoms with Crippen LogP contribution in [0.5, 0.6) is 0 Å². The SMILES string of the molecule is CCCCCCCCCCCCCCCCC[C@@H](O)[C@H](COP(=O)(O)OCCN)NC(=O)CCCCCCCCCCC. The molecule has 258 valence electrons. The van der Waals surface area contributed by atoms with E-state index in [1.165, 1.54) is 116 Å². The number of aliphatic hydroxyl groups excluding tert-OH is 1. The highest BCUT2D eigenvalue weighted by Gasteiger charge is 2.27. The summed E-state index contributed by atoms with van der Waals surface area (Å²) in [5.74, 6) is -0.164. The average Bonchev–Trinajstić information content (AvgIpc) is 2.99. The van der Waals surface area contributed by atoms with Crippen LogP contribution in [-0.4, -0.2) is 47.8 Å². The van der Waals surface area contributed by atoms with E-state index >= 15 is 0 Å². The first-order valence-electron chi connectivity index (χ1n) is 18.2. The van der Waals surface area contributed by atoms with Gasteiger partial charge in [-0.1, -0.05) is 162 Å². The number of unbranched alkanes of at least 4 members (excludes halogenated alkanes) is 22. The lowest BCUT2D eigenvalue weighted by Gasteiger charge is -2.25. The predicted molar refractivity (Wildman–Crippen MR) is 180 cm³/mol. The molecule has 0 saturated carbocycles. The number of phosphoric ester groups is 1. The van der Waals surface area contributed by atoms with Crippen molar-refractivity contribution < 1.29 is 28.4 Å². The van der Waals surface area contributed by atoms with Gasteiger partial charge in [0.05, 0.1) is 25.4 Å². The fraction of sp³-hybridized carbons (Fsp3) is 0.971. The highest BCUT2D eigenvalue weighted by Crippen LogP contribution is 2.43. The summed E-state index contributed by atoms with van der Waals surface area (Å²) in [4.78, 5) is 22.5. The minimum absolute atomic E-state index is 0.0919. The van der Waals surface area contributed by atoms with Gasteiger partial charge in [0, 0.05) is 13.0 Å². The summed E-state index contributed by atoms with van der Waals surface area (Å²) in [5, 5.41) is 13.7. The number of amides is 1. The zero-order chi connectivity index (χ0) is 31.9. The second-order valence-electron chi connectivity index (χ2n) is 12.4. The Balaban J connectivity index is 4.22. The topological polar surface area (TPSA) is 131 Å².